The van der Waals surface area contributed by atoms with Gasteiger partial charge in [-0.25, -0.2) is 4.99 Å². The van der Waals surface area contributed by atoms with Crippen LogP contribution < -0.4 is 0 Å². The fraction of sp³-hybridized carbons (Fsp3) is 0.214. The van der Waals surface area contributed by atoms with Crippen LogP contribution >= 0.6 is 35.1 Å². The van der Waals surface area contributed by atoms with Crippen LogP contribution in [-0.2, 0) is 0 Å². The van der Waals surface area contributed by atoms with Gasteiger partial charge in [-0.05, 0) is 24.6 Å². The van der Waals surface area contributed by atoms with E-state index in [0.717, 1.165) is 15.6 Å². The van der Waals surface area contributed by atoms with E-state index < -0.39 is 0 Å². The van der Waals surface area contributed by atoms with Gasteiger partial charge in [0.2, 0.25) is 0 Å². The number of benzene rings is 1. The molecule has 1 aromatic rings. The summed E-state index contributed by atoms with van der Waals surface area (Å²) < 4.78 is 0.872. The van der Waals surface area contributed by atoms with E-state index >= 15 is 0 Å². The first-order chi connectivity index (χ1) is 8.67. The van der Waals surface area contributed by atoms with E-state index in [0.29, 0.717) is 16.5 Å². The molecule has 0 fully saturated rings. The normalized spacial score (nSPS) is 9.33. The molecular weight excluding hydrogens is 282 g/mol. The van der Waals surface area contributed by atoms with Crippen LogP contribution in [0.2, 0.25) is 5.02 Å². The van der Waals surface area contributed by atoms with Crippen molar-refractivity contribution in [2.45, 2.75) is 6.92 Å². The Balaban J connectivity index is 2.95. The summed E-state index contributed by atoms with van der Waals surface area (Å²) in [4.78, 5) is 4.56. The average molecular weight is 294 g/mol. The fourth-order valence-corrected chi connectivity index (χ4v) is 2.71. The highest BCUT2D eigenvalue weighted by molar-refractivity contribution is 8.39. The molecule has 18 heavy (non-hydrogen) atoms. The maximum absolute atomic E-state index is 5.96. The van der Waals surface area contributed by atoms with E-state index in [2.05, 4.69) is 16.8 Å². The molecule has 0 aromatic heterocycles. The molecule has 1 nitrogen and oxygen atoms in total. The molecule has 0 aliphatic carbocycles. The molecule has 0 N–H and O–H groups in total. The summed E-state index contributed by atoms with van der Waals surface area (Å²) in [6.07, 6.45) is 10.5. The van der Waals surface area contributed by atoms with Gasteiger partial charge in [-0.2, -0.15) is 0 Å². The molecular formula is C14H12ClNS2. The van der Waals surface area contributed by atoms with Gasteiger partial charge in [-0.15, -0.1) is 12.8 Å². The minimum atomic E-state index is 0.579. The van der Waals surface area contributed by atoms with Crippen molar-refractivity contribution < 1.29 is 0 Å². The third-order valence-corrected chi connectivity index (χ3v) is 4.18. The number of thioether (sulfide) groups is 2. The van der Waals surface area contributed by atoms with Crippen molar-refractivity contribution in [2.75, 3.05) is 11.5 Å². The highest BCUT2D eigenvalue weighted by atomic mass is 35.5. The molecule has 0 saturated heterocycles. The molecule has 0 aliphatic heterocycles. The number of hydrogen-bond acceptors (Lipinski definition) is 3. The number of terminal acetylenes is 2. The van der Waals surface area contributed by atoms with E-state index in [1.807, 2.05) is 25.1 Å². The van der Waals surface area contributed by atoms with Gasteiger partial charge < -0.3 is 0 Å². The quantitative estimate of drug-likeness (QED) is 0.466. The molecule has 0 atom stereocenters. The third kappa shape index (κ3) is 5.10. The van der Waals surface area contributed by atoms with Crippen molar-refractivity contribution in [2.24, 2.45) is 4.99 Å². The Morgan fingerprint density at radius 2 is 1.89 bits per heavy atom. The predicted octanol–water partition coefficient (Wildman–Crippen LogP) is 4.37. The second-order valence-electron chi connectivity index (χ2n) is 3.29. The van der Waals surface area contributed by atoms with Crippen LogP contribution in [0.25, 0.3) is 0 Å². The first-order valence-electron chi connectivity index (χ1n) is 5.14. The van der Waals surface area contributed by atoms with Crippen molar-refractivity contribution in [3.63, 3.8) is 0 Å². The first-order valence-corrected chi connectivity index (χ1v) is 7.49. The Bertz CT molecular complexity index is 504. The molecule has 0 bridgehead atoms. The number of nitrogens with zero attached hydrogens (tertiary/aromatic N) is 1. The van der Waals surface area contributed by atoms with Gasteiger partial charge in [-0.1, -0.05) is 53.0 Å². The highest BCUT2D eigenvalue weighted by Gasteiger charge is 2.03. The summed E-state index contributed by atoms with van der Waals surface area (Å²) in [6, 6.07) is 5.62. The standard InChI is InChI=1S/C14H12ClNS2/c1-4-8-17-14(18-9-5-2)16-13-10-12(15)7-6-11(13)3/h1-2,6-7,10H,8-9H2,3H3. The predicted molar refractivity (Wildman–Crippen MR) is 85.9 cm³/mol. The number of aryl methyl sites for hydroxylation is 1. The minimum Gasteiger partial charge on any atom is -0.235 e. The molecule has 0 unspecified atom stereocenters. The van der Waals surface area contributed by atoms with Gasteiger partial charge in [0.05, 0.1) is 17.2 Å². The lowest BCUT2D eigenvalue weighted by atomic mass is 10.2. The smallest absolute Gasteiger partial charge is 0.132 e. The van der Waals surface area contributed by atoms with Crippen LogP contribution in [0.4, 0.5) is 5.69 Å². The van der Waals surface area contributed by atoms with Gasteiger partial charge in [0, 0.05) is 5.02 Å². The summed E-state index contributed by atoms with van der Waals surface area (Å²) >= 11 is 8.98. The summed E-state index contributed by atoms with van der Waals surface area (Å²) in [6.45, 7) is 1.99. The van der Waals surface area contributed by atoms with Crippen LogP contribution in [0.15, 0.2) is 23.2 Å². The zero-order valence-electron chi connectivity index (χ0n) is 9.94. The lowest BCUT2D eigenvalue weighted by molar-refractivity contribution is 1.41. The van der Waals surface area contributed by atoms with Gasteiger partial charge >= 0.3 is 0 Å². The first kappa shape index (κ1) is 15.1. The molecule has 0 saturated carbocycles. The third-order valence-electron chi connectivity index (χ3n) is 1.94. The Kier molecular flexibility index (Phi) is 6.83. The average Bonchev–Trinajstić information content (AvgIpc) is 2.37. The zero-order valence-corrected chi connectivity index (χ0v) is 12.3. The van der Waals surface area contributed by atoms with Crippen LogP contribution in [0.5, 0.6) is 0 Å². The van der Waals surface area contributed by atoms with Crippen LogP contribution in [-0.4, -0.2) is 15.9 Å². The van der Waals surface area contributed by atoms with Crippen molar-refractivity contribution in [1.29, 1.82) is 0 Å². The minimum absolute atomic E-state index is 0.579. The highest BCUT2D eigenvalue weighted by Crippen LogP contribution is 2.27. The molecule has 0 amide bonds. The van der Waals surface area contributed by atoms with E-state index in [4.69, 9.17) is 24.4 Å². The van der Waals surface area contributed by atoms with Gasteiger partial charge in [0.15, 0.2) is 0 Å². The topological polar surface area (TPSA) is 12.4 Å². The monoisotopic (exact) mass is 293 g/mol. The molecule has 1 aromatic carbocycles. The fourth-order valence-electron chi connectivity index (χ4n) is 1.11. The lowest BCUT2D eigenvalue weighted by Crippen LogP contribution is -1.89. The van der Waals surface area contributed by atoms with Crippen LogP contribution in [0.1, 0.15) is 5.56 Å². The SMILES string of the molecule is C#CCSC(=Nc1cc(Cl)ccc1C)SCC#C. The Hall–Kier alpha value is -1.00. The van der Waals surface area contributed by atoms with E-state index in [1.165, 1.54) is 23.5 Å². The Labute approximate surface area is 122 Å². The number of halogens is 1. The zero-order chi connectivity index (χ0) is 13.4. The molecule has 92 valence electrons. The van der Waals surface area contributed by atoms with Gasteiger partial charge in [-0.3, -0.25) is 0 Å². The summed E-state index contributed by atoms with van der Waals surface area (Å²) in [5, 5.41) is 0.669. The summed E-state index contributed by atoms with van der Waals surface area (Å²) in [5.74, 6) is 6.31. The number of aliphatic imine (C=N–C) groups is 1. The van der Waals surface area contributed by atoms with Crippen molar-refractivity contribution in [1.82, 2.24) is 0 Å². The summed E-state index contributed by atoms with van der Waals surface area (Å²) in [5.41, 5.74) is 1.92. The van der Waals surface area contributed by atoms with Crippen LogP contribution in [0, 0.1) is 31.6 Å². The number of hydrogen-bond donors (Lipinski definition) is 0. The molecule has 0 radical (unpaired) electrons. The Morgan fingerprint density at radius 1 is 1.28 bits per heavy atom. The maximum Gasteiger partial charge on any atom is 0.132 e. The van der Waals surface area contributed by atoms with Crippen molar-refractivity contribution in [3.8, 4) is 24.7 Å². The number of rotatable bonds is 3. The van der Waals surface area contributed by atoms with E-state index in [9.17, 15) is 0 Å². The van der Waals surface area contributed by atoms with Crippen molar-refractivity contribution >= 4 is 45.2 Å². The lowest BCUT2D eigenvalue weighted by Gasteiger charge is -2.05. The molecule has 0 heterocycles. The Morgan fingerprint density at radius 3 is 2.44 bits per heavy atom. The molecule has 4 heteroatoms. The van der Waals surface area contributed by atoms with E-state index in [1.54, 1.807) is 0 Å². The molecule has 0 aliphatic rings. The van der Waals surface area contributed by atoms with Crippen LogP contribution in [0.3, 0.4) is 0 Å². The van der Waals surface area contributed by atoms with Crippen molar-refractivity contribution in [3.05, 3.63) is 28.8 Å². The second-order valence-corrected chi connectivity index (χ2v) is 5.92. The molecule has 1 rings (SSSR count). The van der Waals surface area contributed by atoms with Gasteiger partial charge in [0.1, 0.15) is 4.38 Å². The van der Waals surface area contributed by atoms with E-state index in [-0.39, 0.29) is 0 Å². The summed E-state index contributed by atoms with van der Waals surface area (Å²) in [7, 11) is 0. The molecule has 0 spiro atoms. The second kappa shape index (κ2) is 8.16. The maximum atomic E-state index is 5.96. The van der Waals surface area contributed by atoms with Gasteiger partial charge in [0.25, 0.3) is 0 Å². The largest absolute Gasteiger partial charge is 0.235 e.